The van der Waals surface area contributed by atoms with Gasteiger partial charge in [-0.05, 0) is 24.3 Å². The van der Waals surface area contributed by atoms with Gasteiger partial charge in [0, 0.05) is 0 Å². The lowest BCUT2D eigenvalue weighted by Crippen LogP contribution is -2.41. The molecule has 0 aliphatic heterocycles. The molecule has 0 aliphatic rings. The van der Waals surface area contributed by atoms with Crippen LogP contribution in [-0.2, 0) is 21.4 Å². The Morgan fingerprint density at radius 2 is 1.87 bits per heavy atom. The molecule has 1 N–H and O–H groups in total. The summed E-state index contributed by atoms with van der Waals surface area (Å²) in [5.74, 6) is -2.42. The van der Waals surface area contributed by atoms with E-state index in [0.717, 1.165) is 24.5 Å². The van der Waals surface area contributed by atoms with E-state index in [1.54, 1.807) is 12.1 Å². The maximum absolute atomic E-state index is 13.8. The van der Waals surface area contributed by atoms with E-state index in [9.17, 15) is 22.0 Å². The predicted octanol–water partition coefficient (Wildman–Crippen LogP) is 1.64. The zero-order valence-corrected chi connectivity index (χ0v) is 12.9. The first-order valence-corrected chi connectivity index (χ1v) is 8.34. The van der Waals surface area contributed by atoms with Gasteiger partial charge in [-0.2, -0.15) is 0 Å². The van der Waals surface area contributed by atoms with Crippen molar-refractivity contribution in [3.05, 3.63) is 54.0 Å². The summed E-state index contributed by atoms with van der Waals surface area (Å²) in [7, 11) is -4.06. The van der Waals surface area contributed by atoms with E-state index in [2.05, 4.69) is 5.32 Å². The van der Waals surface area contributed by atoms with E-state index in [1.807, 2.05) is 0 Å². The molecule has 2 aromatic rings. The Balaban J connectivity index is 2.18. The summed E-state index contributed by atoms with van der Waals surface area (Å²) in [6, 6.07) is 6.17. The maximum atomic E-state index is 13.8. The summed E-state index contributed by atoms with van der Waals surface area (Å²) in [6.45, 7) is -0.722. The van der Waals surface area contributed by atoms with Crippen LogP contribution in [0, 0.1) is 11.6 Å². The number of carbonyl (C=O) groups is 1. The molecule has 0 saturated heterocycles. The molecule has 1 aromatic carbocycles. The average molecular weight is 344 g/mol. The third kappa shape index (κ3) is 4.28. The standard InChI is InChI=1S/C14H14F2N2O4S/c1-23(20,21)18(14-11(15)5-2-6-12(14)16)9-13(19)17-8-10-4-3-7-22-10/h2-7H,8-9H2,1H3,(H,17,19). The van der Waals surface area contributed by atoms with Crippen molar-refractivity contribution in [1.82, 2.24) is 5.32 Å². The Morgan fingerprint density at radius 3 is 2.39 bits per heavy atom. The molecule has 23 heavy (non-hydrogen) atoms. The third-order valence-electron chi connectivity index (χ3n) is 2.91. The van der Waals surface area contributed by atoms with Crippen LogP contribution in [0.3, 0.4) is 0 Å². The number of rotatable bonds is 6. The van der Waals surface area contributed by atoms with E-state index in [4.69, 9.17) is 4.42 Å². The molecule has 0 aliphatic carbocycles. The number of hydrogen-bond acceptors (Lipinski definition) is 4. The fourth-order valence-corrected chi connectivity index (χ4v) is 2.73. The van der Waals surface area contributed by atoms with Crippen molar-refractivity contribution < 1.29 is 26.4 Å². The van der Waals surface area contributed by atoms with Crippen molar-refractivity contribution in [3.63, 3.8) is 0 Å². The topological polar surface area (TPSA) is 79.6 Å². The Bertz CT molecular complexity index is 771. The number of para-hydroxylation sites is 1. The molecule has 6 nitrogen and oxygen atoms in total. The van der Waals surface area contributed by atoms with Gasteiger partial charge in [0.05, 0.1) is 19.1 Å². The minimum atomic E-state index is -4.06. The number of amides is 1. The van der Waals surface area contributed by atoms with Crippen LogP contribution in [0.25, 0.3) is 0 Å². The first-order valence-electron chi connectivity index (χ1n) is 6.50. The minimum absolute atomic E-state index is 0.0309. The van der Waals surface area contributed by atoms with Gasteiger partial charge in [0.2, 0.25) is 15.9 Å². The second kappa shape index (κ2) is 6.78. The first-order chi connectivity index (χ1) is 10.8. The lowest BCUT2D eigenvalue weighted by atomic mass is 10.3. The highest BCUT2D eigenvalue weighted by Crippen LogP contribution is 2.25. The highest BCUT2D eigenvalue weighted by atomic mass is 32.2. The monoisotopic (exact) mass is 344 g/mol. The van der Waals surface area contributed by atoms with Crippen molar-refractivity contribution in [3.8, 4) is 0 Å². The zero-order valence-electron chi connectivity index (χ0n) is 12.1. The molecule has 2 rings (SSSR count). The summed E-state index contributed by atoms with van der Waals surface area (Å²) in [5.41, 5.74) is -0.789. The van der Waals surface area contributed by atoms with E-state index < -0.39 is 39.8 Å². The smallest absolute Gasteiger partial charge is 0.241 e. The molecule has 1 heterocycles. The molecular formula is C14H14F2N2O4S. The van der Waals surface area contributed by atoms with Gasteiger partial charge in [-0.3, -0.25) is 9.10 Å². The van der Waals surface area contributed by atoms with Gasteiger partial charge in [0.15, 0.2) is 11.6 Å². The van der Waals surface area contributed by atoms with Gasteiger partial charge in [-0.15, -0.1) is 0 Å². The molecule has 0 radical (unpaired) electrons. The number of nitrogens with one attached hydrogen (secondary N) is 1. The highest BCUT2D eigenvalue weighted by Gasteiger charge is 2.26. The lowest BCUT2D eigenvalue weighted by Gasteiger charge is -2.22. The summed E-state index contributed by atoms with van der Waals surface area (Å²) in [5, 5.41) is 2.41. The van der Waals surface area contributed by atoms with Gasteiger partial charge in [-0.1, -0.05) is 6.07 Å². The third-order valence-corrected chi connectivity index (χ3v) is 4.03. The quantitative estimate of drug-likeness (QED) is 0.864. The number of benzene rings is 1. The van der Waals surface area contributed by atoms with Crippen molar-refractivity contribution in [2.75, 3.05) is 17.1 Å². The van der Waals surface area contributed by atoms with E-state index in [0.29, 0.717) is 10.1 Å². The number of nitrogens with zero attached hydrogens (tertiary/aromatic N) is 1. The van der Waals surface area contributed by atoms with Crippen molar-refractivity contribution >= 4 is 21.6 Å². The summed E-state index contributed by atoms with van der Waals surface area (Å²) < 4.78 is 56.6. The molecule has 9 heteroatoms. The number of sulfonamides is 1. The van der Waals surface area contributed by atoms with Crippen molar-refractivity contribution in [2.45, 2.75) is 6.54 Å². The van der Waals surface area contributed by atoms with E-state index >= 15 is 0 Å². The number of furan rings is 1. The summed E-state index contributed by atoms with van der Waals surface area (Å²) in [4.78, 5) is 11.9. The van der Waals surface area contributed by atoms with Crippen LogP contribution in [0.2, 0.25) is 0 Å². The Labute approximate surface area is 131 Å². The fourth-order valence-electron chi connectivity index (χ4n) is 1.87. The maximum Gasteiger partial charge on any atom is 0.241 e. The van der Waals surface area contributed by atoms with Crippen LogP contribution >= 0.6 is 0 Å². The average Bonchev–Trinajstić information content (AvgIpc) is 2.96. The van der Waals surface area contributed by atoms with Crippen LogP contribution in [-0.4, -0.2) is 27.1 Å². The number of hydrogen-bond donors (Lipinski definition) is 1. The van der Waals surface area contributed by atoms with Gasteiger partial charge >= 0.3 is 0 Å². The molecule has 0 bridgehead atoms. The SMILES string of the molecule is CS(=O)(=O)N(CC(=O)NCc1ccco1)c1c(F)cccc1F. The molecular weight excluding hydrogens is 330 g/mol. The summed E-state index contributed by atoms with van der Waals surface area (Å²) in [6.07, 6.45) is 2.18. The fraction of sp³-hybridized carbons (Fsp3) is 0.214. The number of anilines is 1. The molecule has 0 fully saturated rings. The number of halogens is 2. The van der Waals surface area contributed by atoms with Gasteiger partial charge < -0.3 is 9.73 Å². The second-order valence-corrected chi connectivity index (χ2v) is 6.60. The zero-order chi connectivity index (χ0) is 17.0. The minimum Gasteiger partial charge on any atom is -0.467 e. The normalized spacial score (nSPS) is 11.3. The van der Waals surface area contributed by atoms with Crippen LogP contribution in [0.1, 0.15) is 5.76 Å². The van der Waals surface area contributed by atoms with Crippen LogP contribution in [0.5, 0.6) is 0 Å². The largest absolute Gasteiger partial charge is 0.467 e. The van der Waals surface area contributed by atoms with Crippen molar-refractivity contribution in [1.29, 1.82) is 0 Å². The molecule has 0 atom stereocenters. The summed E-state index contributed by atoms with van der Waals surface area (Å²) >= 11 is 0. The number of carbonyl (C=O) groups excluding carboxylic acids is 1. The second-order valence-electron chi connectivity index (χ2n) is 4.70. The molecule has 124 valence electrons. The molecule has 0 saturated carbocycles. The first kappa shape index (κ1) is 16.9. The van der Waals surface area contributed by atoms with E-state index in [-0.39, 0.29) is 6.54 Å². The Morgan fingerprint density at radius 1 is 1.22 bits per heavy atom. The van der Waals surface area contributed by atoms with Gasteiger partial charge in [0.25, 0.3) is 0 Å². The highest BCUT2D eigenvalue weighted by molar-refractivity contribution is 7.92. The van der Waals surface area contributed by atoms with Gasteiger partial charge in [0.1, 0.15) is 18.0 Å². The Hall–Kier alpha value is -2.42. The van der Waals surface area contributed by atoms with Crippen LogP contribution in [0.4, 0.5) is 14.5 Å². The van der Waals surface area contributed by atoms with Crippen molar-refractivity contribution in [2.24, 2.45) is 0 Å². The van der Waals surface area contributed by atoms with Crippen LogP contribution in [0.15, 0.2) is 41.0 Å². The Kier molecular flexibility index (Phi) is 4.99. The van der Waals surface area contributed by atoms with Crippen LogP contribution < -0.4 is 9.62 Å². The predicted molar refractivity (Wildman–Crippen MR) is 79.1 cm³/mol. The lowest BCUT2D eigenvalue weighted by molar-refractivity contribution is -0.119. The molecule has 0 spiro atoms. The molecule has 1 aromatic heterocycles. The molecule has 0 unspecified atom stereocenters. The molecule has 1 amide bonds. The van der Waals surface area contributed by atoms with Gasteiger partial charge in [-0.25, -0.2) is 17.2 Å². The van der Waals surface area contributed by atoms with E-state index in [1.165, 1.54) is 6.26 Å².